The number of piperidine rings is 1. The maximum Gasteiger partial charge on any atom is 0.0584 e. The first kappa shape index (κ1) is 19.4. The third kappa shape index (κ3) is 6.54. The molecule has 0 bridgehead atoms. The molecule has 2 atom stereocenters. The van der Waals surface area contributed by atoms with Crippen LogP contribution in [-0.2, 0) is 0 Å². The van der Waals surface area contributed by atoms with Gasteiger partial charge in [-0.1, -0.05) is 37.6 Å². The summed E-state index contributed by atoms with van der Waals surface area (Å²) in [5, 5.41) is 13.2. The minimum absolute atomic E-state index is 0.234. The molecule has 0 aliphatic carbocycles. The monoisotopic (exact) mass is 332 g/mol. The van der Waals surface area contributed by atoms with Gasteiger partial charge in [0, 0.05) is 6.04 Å². The van der Waals surface area contributed by atoms with Gasteiger partial charge in [0.15, 0.2) is 0 Å². The van der Waals surface area contributed by atoms with E-state index in [2.05, 4.69) is 48.3 Å². The van der Waals surface area contributed by atoms with Crippen molar-refractivity contribution in [1.82, 2.24) is 10.2 Å². The van der Waals surface area contributed by atoms with Crippen molar-refractivity contribution in [1.29, 1.82) is 0 Å². The zero-order valence-corrected chi connectivity index (χ0v) is 15.6. The van der Waals surface area contributed by atoms with E-state index in [0.717, 1.165) is 19.4 Å². The molecular weight excluding hydrogens is 296 g/mol. The summed E-state index contributed by atoms with van der Waals surface area (Å²) in [6.07, 6.45) is 7.47. The highest BCUT2D eigenvalue weighted by atomic mass is 16.3. The minimum Gasteiger partial charge on any atom is -0.395 e. The number of rotatable bonds is 10. The van der Waals surface area contributed by atoms with Crippen LogP contribution in [0.15, 0.2) is 24.3 Å². The Bertz CT molecular complexity index is 457. The first-order valence-corrected chi connectivity index (χ1v) is 9.83. The van der Waals surface area contributed by atoms with Gasteiger partial charge in [-0.3, -0.25) is 0 Å². The molecule has 1 aliphatic heterocycles. The lowest BCUT2D eigenvalue weighted by molar-refractivity contribution is 0.213. The average Bonchev–Trinajstić information content (AvgIpc) is 2.62. The van der Waals surface area contributed by atoms with Gasteiger partial charge in [0.2, 0.25) is 0 Å². The van der Waals surface area contributed by atoms with Gasteiger partial charge in [0.05, 0.1) is 6.61 Å². The van der Waals surface area contributed by atoms with Gasteiger partial charge in [0.25, 0.3) is 0 Å². The molecule has 0 saturated carbocycles. The van der Waals surface area contributed by atoms with Crippen molar-refractivity contribution in [2.75, 3.05) is 32.8 Å². The second kappa shape index (κ2) is 10.9. The normalized spacial score (nSPS) is 18.5. The molecule has 1 aromatic carbocycles. The Morgan fingerprint density at radius 1 is 1.12 bits per heavy atom. The predicted octanol–water partition coefficient (Wildman–Crippen LogP) is 3.71. The lowest BCUT2D eigenvalue weighted by atomic mass is 9.91. The summed E-state index contributed by atoms with van der Waals surface area (Å²) < 4.78 is 0. The van der Waals surface area contributed by atoms with E-state index >= 15 is 0 Å². The first-order valence-electron chi connectivity index (χ1n) is 9.83. The van der Waals surface area contributed by atoms with Crippen molar-refractivity contribution in [3.05, 3.63) is 35.4 Å². The molecule has 2 rings (SSSR count). The van der Waals surface area contributed by atoms with Crippen LogP contribution in [0.1, 0.15) is 62.5 Å². The van der Waals surface area contributed by atoms with Crippen LogP contribution in [0.3, 0.4) is 0 Å². The van der Waals surface area contributed by atoms with E-state index in [-0.39, 0.29) is 12.6 Å². The summed E-state index contributed by atoms with van der Waals surface area (Å²) in [5.74, 6) is 0.551. The van der Waals surface area contributed by atoms with Crippen LogP contribution in [0.5, 0.6) is 0 Å². The quantitative estimate of drug-likeness (QED) is 0.641. The zero-order valence-electron chi connectivity index (χ0n) is 15.6. The van der Waals surface area contributed by atoms with E-state index in [1.165, 1.54) is 56.4 Å². The molecule has 136 valence electrons. The van der Waals surface area contributed by atoms with E-state index in [0.29, 0.717) is 5.92 Å². The van der Waals surface area contributed by atoms with Crippen molar-refractivity contribution in [3.63, 3.8) is 0 Å². The van der Waals surface area contributed by atoms with Crippen LogP contribution in [0.4, 0.5) is 0 Å². The highest BCUT2D eigenvalue weighted by molar-refractivity contribution is 5.28. The van der Waals surface area contributed by atoms with Crippen molar-refractivity contribution in [2.45, 2.75) is 64.3 Å². The molecule has 2 N–H and O–H groups in total. The van der Waals surface area contributed by atoms with Crippen LogP contribution in [0.25, 0.3) is 0 Å². The van der Waals surface area contributed by atoms with E-state index in [1.54, 1.807) is 0 Å². The van der Waals surface area contributed by atoms with Crippen LogP contribution in [0, 0.1) is 6.92 Å². The molecule has 0 radical (unpaired) electrons. The highest BCUT2D eigenvalue weighted by Crippen LogP contribution is 2.24. The summed E-state index contributed by atoms with van der Waals surface area (Å²) in [7, 11) is 0. The molecule has 1 aromatic rings. The fourth-order valence-electron chi connectivity index (χ4n) is 3.80. The van der Waals surface area contributed by atoms with Crippen molar-refractivity contribution >= 4 is 0 Å². The number of likely N-dealkylation sites (tertiary alicyclic amines) is 1. The average molecular weight is 333 g/mol. The van der Waals surface area contributed by atoms with E-state index in [9.17, 15) is 5.11 Å². The Kier molecular flexibility index (Phi) is 8.79. The molecule has 0 spiro atoms. The number of hydrogen-bond acceptors (Lipinski definition) is 3. The Balaban J connectivity index is 1.63. The van der Waals surface area contributed by atoms with Gasteiger partial charge in [-0.05, 0) is 82.3 Å². The van der Waals surface area contributed by atoms with Crippen LogP contribution in [-0.4, -0.2) is 48.8 Å². The van der Waals surface area contributed by atoms with Gasteiger partial charge in [-0.25, -0.2) is 0 Å². The SMILES string of the molecule is Cc1ccccc1C(C)CCC(CO)NCCCN1CCCCC1. The summed E-state index contributed by atoms with van der Waals surface area (Å²) in [6.45, 7) is 9.49. The molecular formula is C21H36N2O. The maximum atomic E-state index is 9.64. The van der Waals surface area contributed by atoms with Gasteiger partial charge < -0.3 is 15.3 Å². The van der Waals surface area contributed by atoms with Crippen molar-refractivity contribution in [2.24, 2.45) is 0 Å². The third-order valence-corrected chi connectivity index (χ3v) is 5.42. The zero-order chi connectivity index (χ0) is 17.2. The Morgan fingerprint density at radius 3 is 2.58 bits per heavy atom. The van der Waals surface area contributed by atoms with Crippen molar-refractivity contribution < 1.29 is 5.11 Å². The lowest BCUT2D eigenvalue weighted by Crippen LogP contribution is -2.36. The highest BCUT2D eigenvalue weighted by Gasteiger charge is 2.13. The summed E-state index contributed by atoms with van der Waals surface area (Å²) in [4.78, 5) is 2.58. The van der Waals surface area contributed by atoms with Gasteiger partial charge in [0.1, 0.15) is 0 Å². The van der Waals surface area contributed by atoms with E-state index < -0.39 is 0 Å². The van der Waals surface area contributed by atoms with Crippen LogP contribution in [0.2, 0.25) is 0 Å². The number of hydrogen-bond donors (Lipinski definition) is 2. The Hall–Kier alpha value is -0.900. The number of aryl methyl sites for hydroxylation is 1. The third-order valence-electron chi connectivity index (χ3n) is 5.42. The minimum atomic E-state index is 0.234. The second-order valence-electron chi connectivity index (χ2n) is 7.42. The molecule has 24 heavy (non-hydrogen) atoms. The topological polar surface area (TPSA) is 35.5 Å². The molecule has 0 amide bonds. The number of nitrogens with zero attached hydrogens (tertiary/aromatic N) is 1. The van der Waals surface area contributed by atoms with Crippen LogP contribution >= 0.6 is 0 Å². The van der Waals surface area contributed by atoms with Gasteiger partial charge in [-0.15, -0.1) is 0 Å². The second-order valence-corrected chi connectivity index (χ2v) is 7.42. The predicted molar refractivity (Wildman–Crippen MR) is 103 cm³/mol. The number of benzene rings is 1. The molecule has 0 aromatic heterocycles. The van der Waals surface area contributed by atoms with Crippen molar-refractivity contribution in [3.8, 4) is 0 Å². The number of aliphatic hydroxyl groups is 1. The molecule has 1 saturated heterocycles. The van der Waals surface area contributed by atoms with Gasteiger partial charge >= 0.3 is 0 Å². The largest absolute Gasteiger partial charge is 0.395 e. The lowest BCUT2D eigenvalue weighted by Gasteiger charge is -2.26. The Labute approximate surface area is 148 Å². The fourth-order valence-corrected chi connectivity index (χ4v) is 3.80. The molecule has 1 fully saturated rings. The molecule has 3 heteroatoms. The molecule has 1 heterocycles. The summed E-state index contributed by atoms with van der Waals surface area (Å²) >= 11 is 0. The summed E-state index contributed by atoms with van der Waals surface area (Å²) in [5.41, 5.74) is 2.82. The van der Waals surface area contributed by atoms with Crippen LogP contribution < -0.4 is 5.32 Å². The number of nitrogens with one attached hydrogen (secondary N) is 1. The summed E-state index contributed by atoms with van der Waals surface area (Å²) in [6, 6.07) is 8.89. The van der Waals surface area contributed by atoms with E-state index in [1.807, 2.05) is 0 Å². The standard InChI is InChI=1S/C21H36N2O/c1-18-9-4-5-10-21(18)19(2)11-12-20(17-24)22-13-8-16-23-14-6-3-7-15-23/h4-5,9-10,19-20,22,24H,3,6-8,11-17H2,1-2H3. The molecule has 2 unspecified atom stereocenters. The Morgan fingerprint density at radius 2 is 1.88 bits per heavy atom. The number of aliphatic hydroxyl groups excluding tert-OH is 1. The first-order chi connectivity index (χ1) is 11.7. The smallest absolute Gasteiger partial charge is 0.0584 e. The maximum absolute atomic E-state index is 9.64. The van der Waals surface area contributed by atoms with Gasteiger partial charge in [-0.2, -0.15) is 0 Å². The van der Waals surface area contributed by atoms with E-state index in [4.69, 9.17) is 0 Å². The molecule has 1 aliphatic rings. The molecule has 3 nitrogen and oxygen atoms in total. The fraction of sp³-hybridized carbons (Fsp3) is 0.714.